The maximum absolute atomic E-state index is 8.91. The number of hydrogen-bond acceptors (Lipinski definition) is 3. The third-order valence-corrected chi connectivity index (χ3v) is 1.92. The fraction of sp³-hybridized carbons (Fsp3) is 0.182. The molecule has 69 valence electrons. The third kappa shape index (κ3) is 2.10. The van der Waals surface area contributed by atoms with Crippen LogP contribution in [-0.2, 0) is 0 Å². The first kappa shape index (κ1) is 10.2. The molecule has 1 radical (unpaired) electrons. The molecular formula is C11H9N2O. The summed E-state index contributed by atoms with van der Waals surface area (Å²) in [6.45, 7) is 1.69. The predicted molar refractivity (Wildman–Crippen MR) is 51.0 cm³/mol. The zero-order valence-corrected chi connectivity index (χ0v) is 7.78. The molecule has 0 amide bonds. The van der Waals surface area contributed by atoms with Crippen molar-refractivity contribution in [2.45, 2.75) is 6.92 Å². The van der Waals surface area contributed by atoms with Crippen molar-refractivity contribution in [1.29, 1.82) is 10.5 Å². The van der Waals surface area contributed by atoms with Crippen LogP contribution in [0.25, 0.3) is 0 Å². The minimum Gasteiger partial charge on any atom is -0.395 e. The van der Waals surface area contributed by atoms with Gasteiger partial charge >= 0.3 is 0 Å². The normalized spacial score (nSPS) is 9.50. The summed E-state index contributed by atoms with van der Waals surface area (Å²) >= 11 is 0. The molecule has 0 bridgehead atoms. The Hall–Kier alpha value is -1.84. The molecule has 0 atom stereocenters. The number of aliphatic hydroxyl groups excluding tert-OH is 1. The highest BCUT2D eigenvalue weighted by atomic mass is 16.3. The molecular weight excluding hydrogens is 176 g/mol. The standard InChI is InChI=1S/C11H9N2O/c1-8(7-14)11-3-9(5-12)2-10(4-11)6-13/h2-4,14H,7H2,1H3. The topological polar surface area (TPSA) is 67.8 Å². The first-order valence-corrected chi connectivity index (χ1v) is 4.10. The average molecular weight is 185 g/mol. The molecule has 0 aromatic heterocycles. The van der Waals surface area contributed by atoms with Gasteiger partial charge in [0.1, 0.15) is 0 Å². The molecule has 0 fully saturated rings. The van der Waals surface area contributed by atoms with Gasteiger partial charge < -0.3 is 5.11 Å². The number of aliphatic hydroxyl groups is 1. The predicted octanol–water partition coefficient (Wildman–Crippen LogP) is 1.36. The van der Waals surface area contributed by atoms with Gasteiger partial charge in [0.15, 0.2) is 0 Å². The summed E-state index contributed by atoms with van der Waals surface area (Å²) in [5.41, 5.74) is 1.61. The number of nitriles is 2. The van der Waals surface area contributed by atoms with Gasteiger partial charge in [0.2, 0.25) is 0 Å². The van der Waals surface area contributed by atoms with E-state index in [0.29, 0.717) is 11.1 Å². The lowest BCUT2D eigenvalue weighted by Gasteiger charge is -2.07. The molecule has 1 aromatic carbocycles. The van der Waals surface area contributed by atoms with Crippen LogP contribution in [0.3, 0.4) is 0 Å². The van der Waals surface area contributed by atoms with Crippen LogP contribution in [0.5, 0.6) is 0 Å². The van der Waals surface area contributed by atoms with Gasteiger partial charge in [0.25, 0.3) is 0 Å². The summed E-state index contributed by atoms with van der Waals surface area (Å²) in [4.78, 5) is 0. The van der Waals surface area contributed by atoms with Crippen LogP contribution in [0.15, 0.2) is 18.2 Å². The fourth-order valence-corrected chi connectivity index (χ4v) is 1.09. The summed E-state index contributed by atoms with van der Waals surface area (Å²) in [6.07, 6.45) is 0. The van der Waals surface area contributed by atoms with Gasteiger partial charge in [-0.15, -0.1) is 0 Å². The molecule has 0 saturated heterocycles. The molecule has 0 aliphatic heterocycles. The fourth-order valence-electron chi connectivity index (χ4n) is 1.09. The van der Waals surface area contributed by atoms with Crippen LogP contribution < -0.4 is 0 Å². The van der Waals surface area contributed by atoms with Gasteiger partial charge in [0, 0.05) is 5.92 Å². The molecule has 14 heavy (non-hydrogen) atoms. The smallest absolute Gasteiger partial charge is 0.0992 e. The number of nitrogens with zero attached hydrogens (tertiary/aromatic N) is 2. The van der Waals surface area contributed by atoms with Crippen LogP contribution in [0.2, 0.25) is 0 Å². The second-order valence-electron chi connectivity index (χ2n) is 2.96. The van der Waals surface area contributed by atoms with Gasteiger partial charge in [-0.05, 0) is 23.8 Å². The van der Waals surface area contributed by atoms with E-state index < -0.39 is 0 Å². The Labute approximate surface area is 82.8 Å². The molecule has 0 spiro atoms. The molecule has 3 nitrogen and oxygen atoms in total. The Bertz CT molecular complexity index is 380. The molecule has 1 rings (SSSR count). The number of benzene rings is 1. The first-order valence-electron chi connectivity index (χ1n) is 4.10. The zero-order valence-electron chi connectivity index (χ0n) is 7.78. The van der Waals surface area contributed by atoms with Gasteiger partial charge in [-0.1, -0.05) is 6.92 Å². The summed E-state index contributed by atoms with van der Waals surface area (Å²) in [5.74, 6) is 0.749. The lowest BCUT2D eigenvalue weighted by Crippen LogP contribution is -2.01. The van der Waals surface area contributed by atoms with Crippen molar-refractivity contribution in [3.8, 4) is 12.1 Å². The van der Waals surface area contributed by atoms with E-state index in [1.165, 1.54) is 6.07 Å². The second-order valence-corrected chi connectivity index (χ2v) is 2.96. The van der Waals surface area contributed by atoms with Crippen molar-refractivity contribution in [2.24, 2.45) is 0 Å². The summed E-state index contributed by atoms with van der Waals surface area (Å²) in [6, 6.07) is 8.79. The van der Waals surface area contributed by atoms with Gasteiger partial charge in [-0.25, -0.2) is 0 Å². The van der Waals surface area contributed by atoms with E-state index in [2.05, 4.69) is 0 Å². The molecule has 1 aromatic rings. The summed E-state index contributed by atoms with van der Waals surface area (Å²) < 4.78 is 0. The van der Waals surface area contributed by atoms with E-state index in [1.807, 2.05) is 12.1 Å². The molecule has 1 N–H and O–H groups in total. The van der Waals surface area contributed by atoms with E-state index in [9.17, 15) is 0 Å². The van der Waals surface area contributed by atoms with Crippen molar-refractivity contribution in [3.63, 3.8) is 0 Å². The van der Waals surface area contributed by atoms with Crippen molar-refractivity contribution >= 4 is 0 Å². The molecule has 0 aliphatic rings. The maximum Gasteiger partial charge on any atom is 0.0992 e. The Morgan fingerprint density at radius 2 is 1.71 bits per heavy atom. The molecule has 0 heterocycles. The highest BCUT2D eigenvalue weighted by Crippen LogP contribution is 2.17. The van der Waals surface area contributed by atoms with Gasteiger partial charge in [0.05, 0.1) is 29.9 Å². The monoisotopic (exact) mass is 185 g/mol. The van der Waals surface area contributed by atoms with Crippen LogP contribution in [0.4, 0.5) is 0 Å². The zero-order chi connectivity index (χ0) is 10.6. The van der Waals surface area contributed by atoms with E-state index in [1.54, 1.807) is 19.1 Å². The Kier molecular flexibility index (Phi) is 3.23. The molecule has 3 heteroatoms. The first-order chi connectivity index (χ1) is 6.71. The lowest BCUT2D eigenvalue weighted by molar-refractivity contribution is 0.315. The molecule has 0 unspecified atom stereocenters. The van der Waals surface area contributed by atoms with E-state index in [4.69, 9.17) is 15.6 Å². The summed E-state index contributed by atoms with van der Waals surface area (Å²) in [5, 5.41) is 26.3. The average Bonchev–Trinajstić information content (AvgIpc) is 2.27. The van der Waals surface area contributed by atoms with Crippen LogP contribution in [0, 0.1) is 28.6 Å². The number of rotatable bonds is 2. The number of hydrogen-bond donors (Lipinski definition) is 1. The van der Waals surface area contributed by atoms with Crippen molar-refractivity contribution in [2.75, 3.05) is 6.61 Å². The van der Waals surface area contributed by atoms with Crippen molar-refractivity contribution < 1.29 is 5.11 Å². The van der Waals surface area contributed by atoms with Crippen LogP contribution in [0.1, 0.15) is 23.6 Å². The third-order valence-electron chi connectivity index (χ3n) is 1.92. The van der Waals surface area contributed by atoms with Gasteiger partial charge in [-0.3, -0.25) is 0 Å². The second kappa shape index (κ2) is 4.41. The summed E-state index contributed by atoms with van der Waals surface area (Å²) in [7, 11) is 0. The highest BCUT2D eigenvalue weighted by molar-refractivity contribution is 5.46. The Morgan fingerprint density at radius 3 is 2.07 bits per heavy atom. The van der Waals surface area contributed by atoms with Crippen LogP contribution >= 0.6 is 0 Å². The van der Waals surface area contributed by atoms with E-state index in [-0.39, 0.29) is 6.61 Å². The quantitative estimate of drug-likeness (QED) is 0.756. The molecule has 0 saturated carbocycles. The van der Waals surface area contributed by atoms with Crippen molar-refractivity contribution in [3.05, 3.63) is 40.8 Å². The Morgan fingerprint density at radius 1 is 1.21 bits per heavy atom. The largest absolute Gasteiger partial charge is 0.395 e. The lowest BCUT2D eigenvalue weighted by atomic mass is 9.98. The minimum atomic E-state index is -0.0697. The van der Waals surface area contributed by atoms with E-state index in [0.717, 1.165) is 11.5 Å². The van der Waals surface area contributed by atoms with Crippen LogP contribution in [-0.4, -0.2) is 11.7 Å². The molecule has 0 aliphatic carbocycles. The van der Waals surface area contributed by atoms with E-state index >= 15 is 0 Å². The maximum atomic E-state index is 8.91. The van der Waals surface area contributed by atoms with Gasteiger partial charge in [-0.2, -0.15) is 10.5 Å². The Balaban J connectivity index is 3.20. The van der Waals surface area contributed by atoms with Crippen molar-refractivity contribution in [1.82, 2.24) is 0 Å². The SMILES string of the molecule is C[C](CO)c1cc(C#N)cc(C#N)c1. The highest BCUT2D eigenvalue weighted by Gasteiger charge is 2.07. The minimum absolute atomic E-state index is 0.0697.